The molecule has 0 spiro atoms. The number of anilines is 1. The maximum Gasteiger partial charge on any atom is 0.240 e. The highest BCUT2D eigenvalue weighted by molar-refractivity contribution is 7.89. The lowest BCUT2D eigenvalue weighted by molar-refractivity contribution is 0.579. The fraction of sp³-hybridized carbons (Fsp3) is 0.368. The van der Waals surface area contributed by atoms with Crippen LogP contribution in [0.2, 0.25) is 0 Å². The van der Waals surface area contributed by atoms with Crippen LogP contribution in [-0.2, 0) is 16.4 Å². The summed E-state index contributed by atoms with van der Waals surface area (Å²) in [6.45, 7) is 1.19. The van der Waals surface area contributed by atoms with Crippen molar-refractivity contribution in [2.24, 2.45) is 0 Å². The maximum absolute atomic E-state index is 12.3. The number of hydrogen-bond donors (Lipinski definition) is 1. The first-order chi connectivity index (χ1) is 12.0. The van der Waals surface area contributed by atoms with E-state index in [0.29, 0.717) is 17.3 Å². The third kappa shape index (κ3) is 6.34. The molecule has 2 aromatic rings. The number of nitrogens with zero attached hydrogens (tertiary/aromatic N) is 1. The van der Waals surface area contributed by atoms with Crippen molar-refractivity contribution in [3.8, 4) is 0 Å². The fourth-order valence-corrected chi connectivity index (χ4v) is 3.73. The Bertz CT molecular complexity index is 734. The number of aryl methyl sites for hydroxylation is 1. The Morgan fingerprint density at radius 3 is 2.32 bits per heavy atom. The van der Waals surface area contributed by atoms with Crippen LogP contribution in [-0.4, -0.2) is 34.4 Å². The summed E-state index contributed by atoms with van der Waals surface area (Å²) >= 11 is 5.68. The Morgan fingerprint density at radius 2 is 1.68 bits per heavy atom. The van der Waals surface area contributed by atoms with E-state index in [9.17, 15) is 8.42 Å². The molecule has 4 nitrogen and oxygen atoms in total. The molecule has 0 saturated heterocycles. The molecule has 0 atom stereocenters. The van der Waals surface area contributed by atoms with Crippen molar-refractivity contribution in [3.63, 3.8) is 0 Å². The molecule has 25 heavy (non-hydrogen) atoms. The number of sulfonamides is 1. The van der Waals surface area contributed by atoms with Crippen molar-refractivity contribution < 1.29 is 8.42 Å². The molecule has 0 amide bonds. The summed E-state index contributed by atoms with van der Waals surface area (Å²) in [5.74, 6) is 0.610. The predicted molar refractivity (Wildman–Crippen MR) is 105 cm³/mol. The second kappa shape index (κ2) is 9.80. The van der Waals surface area contributed by atoms with Gasteiger partial charge < -0.3 is 4.90 Å². The number of benzene rings is 2. The van der Waals surface area contributed by atoms with Gasteiger partial charge in [-0.3, -0.25) is 0 Å². The molecule has 0 saturated carbocycles. The molecular weight excluding hydrogens is 356 g/mol. The van der Waals surface area contributed by atoms with Crippen LogP contribution >= 0.6 is 11.6 Å². The minimum atomic E-state index is -3.45. The van der Waals surface area contributed by atoms with Gasteiger partial charge in [-0.05, 0) is 49.1 Å². The van der Waals surface area contributed by atoms with Gasteiger partial charge in [0.2, 0.25) is 10.0 Å². The first-order valence-electron chi connectivity index (χ1n) is 8.44. The highest BCUT2D eigenvalue weighted by Gasteiger charge is 2.13. The van der Waals surface area contributed by atoms with Crippen molar-refractivity contribution in [1.82, 2.24) is 4.72 Å². The molecule has 0 unspecified atom stereocenters. The Kier molecular flexibility index (Phi) is 7.75. The van der Waals surface area contributed by atoms with E-state index in [2.05, 4.69) is 9.62 Å². The van der Waals surface area contributed by atoms with Crippen LogP contribution in [0.5, 0.6) is 0 Å². The molecule has 0 bridgehead atoms. The van der Waals surface area contributed by atoms with Crippen LogP contribution in [0.1, 0.15) is 18.4 Å². The van der Waals surface area contributed by atoms with Crippen LogP contribution in [0.25, 0.3) is 0 Å². The zero-order valence-corrected chi connectivity index (χ0v) is 16.1. The van der Waals surface area contributed by atoms with Gasteiger partial charge in [-0.15, -0.1) is 11.6 Å². The van der Waals surface area contributed by atoms with Gasteiger partial charge >= 0.3 is 0 Å². The van der Waals surface area contributed by atoms with Gasteiger partial charge in [0, 0.05) is 31.7 Å². The van der Waals surface area contributed by atoms with Gasteiger partial charge in [-0.25, -0.2) is 13.1 Å². The van der Waals surface area contributed by atoms with Crippen molar-refractivity contribution in [3.05, 3.63) is 60.2 Å². The third-order valence-electron chi connectivity index (χ3n) is 3.99. The van der Waals surface area contributed by atoms with Crippen molar-refractivity contribution >= 4 is 27.3 Å². The number of para-hydroxylation sites is 1. The highest BCUT2D eigenvalue weighted by Crippen LogP contribution is 2.13. The molecule has 2 aromatic carbocycles. The molecule has 0 fully saturated rings. The van der Waals surface area contributed by atoms with Gasteiger partial charge in [-0.2, -0.15) is 0 Å². The quantitative estimate of drug-likeness (QED) is 0.505. The highest BCUT2D eigenvalue weighted by atomic mass is 35.5. The van der Waals surface area contributed by atoms with Crippen molar-refractivity contribution in [1.29, 1.82) is 0 Å². The summed E-state index contributed by atoms with van der Waals surface area (Å²) in [7, 11) is -1.45. The first-order valence-corrected chi connectivity index (χ1v) is 10.5. The monoisotopic (exact) mass is 380 g/mol. The Morgan fingerprint density at radius 1 is 1.00 bits per heavy atom. The van der Waals surface area contributed by atoms with E-state index in [1.165, 1.54) is 0 Å². The normalized spacial score (nSPS) is 11.4. The molecule has 6 heteroatoms. The average molecular weight is 381 g/mol. The van der Waals surface area contributed by atoms with E-state index >= 15 is 0 Å². The maximum atomic E-state index is 12.3. The van der Waals surface area contributed by atoms with Gasteiger partial charge in [0.1, 0.15) is 0 Å². The molecule has 136 valence electrons. The number of rotatable bonds is 10. The fourth-order valence-electron chi connectivity index (χ4n) is 2.52. The Hall–Kier alpha value is -1.56. The van der Waals surface area contributed by atoms with E-state index in [-0.39, 0.29) is 0 Å². The Balaban J connectivity index is 1.81. The van der Waals surface area contributed by atoms with Gasteiger partial charge in [0.15, 0.2) is 0 Å². The minimum Gasteiger partial charge on any atom is -0.375 e. The smallest absolute Gasteiger partial charge is 0.240 e. The lowest BCUT2D eigenvalue weighted by Crippen LogP contribution is -2.28. The predicted octanol–water partition coefficient (Wildman–Crippen LogP) is 3.66. The number of halogens is 1. The summed E-state index contributed by atoms with van der Waals surface area (Å²) < 4.78 is 27.3. The summed E-state index contributed by atoms with van der Waals surface area (Å²) in [5.41, 5.74) is 2.22. The zero-order valence-electron chi connectivity index (χ0n) is 14.5. The Labute approximate surface area is 155 Å². The second-order valence-electron chi connectivity index (χ2n) is 5.94. The lowest BCUT2D eigenvalue weighted by atomic mass is 10.1. The molecule has 0 aliphatic carbocycles. The van der Waals surface area contributed by atoms with Crippen molar-refractivity contribution in [2.75, 3.05) is 30.9 Å². The summed E-state index contributed by atoms with van der Waals surface area (Å²) in [4.78, 5) is 2.42. The van der Waals surface area contributed by atoms with Crippen LogP contribution in [0.4, 0.5) is 5.69 Å². The second-order valence-corrected chi connectivity index (χ2v) is 8.09. The van der Waals surface area contributed by atoms with E-state index in [4.69, 9.17) is 11.6 Å². The van der Waals surface area contributed by atoms with Crippen molar-refractivity contribution in [2.45, 2.75) is 24.2 Å². The lowest BCUT2D eigenvalue weighted by Gasteiger charge is -2.19. The van der Waals surface area contributed by atoms with E-state index in [1.807, 2.05) is 49.5 Å². The largest absolute Gasteiger partial charge is 0.375 e. The van der Waals surface area contributed by atoms with E-state index in [0.717, 1.165) is 37.1 Å². The standard InChI is InChI=1S/C19H25ClN2O2S/c1-22(18-8-3-2-4-9-18)16-6-15-21-25(23,24)19-12-10-17(11-13-19)7-5-14-20/h2-4,8-13,21H,5-7,14-16H2,1H3. The minimum absolute atomic E-state index is 0.304. The first kappa shape index (κ1) is 19.8. The zero-order chi connectivity index (χ0) is 18.1. The molecule has 0 aromatic heterocycles. The van der Waals surface area contributed by atoms with Crippen LogP contribution in [0.15, 0.2) is 59.5 Å². The number of alkyl halides is 1. The number of hydrogen-bond acceptors (Lipinski definition) is 3. The molecule has 1 N–H and O–H groups in total. The molecule has 0 aliphatic heterocycles. The van der Waals surface area contributed by atoms with E-state index < -0.39 is 10.0 Å². The van der Waals surface area contributed by atoms with Crippen LogP contribution in [0.3, 0.4) is 0 Å². The van der Waals surface area contributed by atoms with Gasteiger partial charge in [0.25, 0.3) is 0 Å². The summed E-state index contributed by atoms with van der Waals surface area (Å²) in [6, 6.07) is 17.0. The molecule has 0 radical (unpaired) electrons. The average Bonchev–Trinajstić information content (AvgIpc) is 2.64. The van der Waals surface area contributed by atoms with Crippen LogP contribution < -0.4 is 9.62 Å². The SMILES string of the molecule is CN(CCCNS(=O)(=O)c1ccc(CCCCl)cc1)c1ccccc1. The summed E-state index contributed by atoms with van der Waals surface area (Å²) in [6.07, 6.45) is 2.49. The number of nitrogens with one attached hydrogen (secondary N) is 1. The molecule has 0 heterocycles. The van der Waals surface area contributed by atoms with Crippen LogP contribution in [0, 0.1) is 0 Å². The topological polar surface area (TPSA) is 49.4 Å². The molecule has 2 rings (SSSR count). The van der Waals surface area contributed by atoms with E-state index in [1.54, 1.807) is 12.1 Å². The van der Waals surface area contributed by atoms with Gasteiger partial charge in [0.05, 0.1) is 4.90 Å². The third-order valence-corrected chi connectivity index (χ3v) is 5.74. The summed E-state index contributed by atoms with van der Waals surface area (Å²) in [5, 5.41) is 0. The van der Waals surface area contributed by atoms with Gasteiger partial charge in [-0.1, -0.05) is 30.3 Å². The molecular formula is C19H25ClN2O2S. The molecule has 0 aliphatic rings.